The number of carbonyl (C=O) groups is 3. The second kappa shape index (κ2) is 12.0. The summed E-state index contributed by atoms with van der Waals surface area (Å²) >= 11 is 0. The first kappa shape index (κ1) is 28.6. The van der Waals surface area contributed by atoms with E-state index in [1.165, 1.54) is 12.7 Å². The maximum absolute atomic E-state index is 13.1. The lowest BCUT2D eigenvalue weighted by Crippen LogP contribution is -2.40. The van der Waals surface area contributed by atoms with Crippen molar-refractivity contribution < 1.29 is 28.4 Å². The molecule has 10 heteroatoms. The summed E-state index contributed by atoms with van der Waals surface area (Å²) in [5, 5.41) is 4.39. The van der Waals surface area contributed by atoms with Gasteiger partial charge in [0.05, 0.1) is 18.1 Å². The van der Waals surface area contributed by atoms with E-state index in [9.17, 15) is 14.4 Å². The van der Waals surface area contributed by atoms with Crippen LogP contribution in [-0.4, -0.2) is 77.3 Å². The van der Waals surface area contributed by atoms with Gasteiger partial charge in [-0.25, -0.2) is 9.59 Å². The second-order valence-electron chi connectivity index (χ2n) is 11.7. The number of esters is 1. The maximum atomic E-state index is 13.1. The molecule has 1 aliphatic heterocycles. The highest BCUT2D eigenvalue weighted by molar-refractivity contribution is 5.96. The Morgan fingerprint density at radius 3 is 2.42 bits per heavy atom. The molecule has 10 nitrogen and oxygen atoms in total. The molecular formula is C33H36N4O6. The number of hydrogen-bond donors (Lipinski definition) is 0. The second-order valence-corrected chi connectivity index (χ2v) is 11.7. The van der Waals surface area contributed by atoms with Crippen LogP contribution < -0.4 is 0 Å². The molecule has 1 saturated heterocycles. The molecule has 0 N–H and O–H groups in total. The Hall–Kier alpha value is -4.47. The highest BCUT2D eigenvalue weighted by Crippen LogP contribution is 2.52. The van der Waals surface area contributed by atoms with E-state index in [0.717, 1.165) is 19.3 Å². The molecule has 224 valence electrons. The van der Waals surface area contributed by atoms with Crippen molar-refractivity contribution >= 4 is 18.0 Å². The lowest BCUT2D eigenvalue weighted by Gasteiger charge is -2.30. The Balaban J connectivity index is 1.08. The Labute approximate surface area is 250 Å². The van der Waals surface area contributed by atoms with Crippen molar-refractivity contribution in [2.24, 2.45) is 0 Å². The van der Waals surface area contributed by atoms with E-state index >= 15 is 0 Å². The van der Waals surface area contributed by atoms with Crippen LogP contribution in [0.15, 0.2) is 71.8 Å². The fourth-order valence-electron chi connectivity index (χ4n) is 6.04. The number of rotatable bonds is 10. The number of nitrogens with zero attached hydrogens (tertiary/aromatic N) is 4. The summed E-state index contributed by atoms with van der Waals surface area (Å²) in [7, 11) is 1.33. The van der Waals surface area contributed by atoms with Gasteiger partial charge in [0.15, 0.2) is 5.82 Å². The quantitative estimate of drug-likeness (QED) is 0.239. The molecule has 1 unspecified atom stereocenters. The number of methoxy groups -OCH3 is 1. The number of hydrogen-bond acceptors (Lipinski definition) is 8. The average molecular weight is 585 g/mol. The third kappa shape index (κ3) is 6.04. The van der Waals surface area contributed by atoms with Crippen molar-refractivity contribution in [1.82, 2.24) is 19.9 Å². The predicted octanol–water partition coefficient (Wildman–Crippen LogP) is 5.09. The van der Waals surface area contributed by atoms with Crippen LogP contribution in [0.4, 0.5) is 4.79 Å². The van der Waals surface area contributed by atoms with Gasteiger partial charge in [0.1, 0.15) is 6.61 Å². The molecule has 3 aliphatic rings. The molecule has 2 atom stereocenters. The summed E-state index contributed by atoms with van der Waals surface area (Å²) in [6, 6.07) is 16.8. The maximum Gasteiger partial charge on any atom is 0.410 e. The highest BCUT2D eigenvalue weighted by Gasteiger charge is 2.55. The third-order valence-electron chi connectivity index (χ3n) is 8.87. The van der Waals surface area contributed by atoms with Crippen LogP contribution in [0.2, 0.25) is 0 Å². The number of carbonyl (C=O) groups excluding carboxylic acids is 3. The summed E-state index contributed by atoms with van der Waals surface area (Å²) < 4.78 is 16.0. The van der Waals surface area contributed by atoms with Gasteiger partial charge in [0.25, 0.3) is 5.91 Å². The van der Waals surface area contributed by atoms with Crippen molar-refractivity contribution in [2.45, 2.75) is 55.4 Å². The molecule has 2 aliphatic carbocycles. The van der Waals surface area contributed by atoms with Crippen molar-refractivity contribution in [1.29, 1.82) is 0 Å². The van der Waals surface area contributed by atoms with Gasteiger partial charge in [0, 0.05) is 43.1 Å². The number of ether oxygens (including phenoxy) is 2. The Morgan fingerprint density at radius 1 is 1.07 bits per heavy atom. The zero-order valence-corrected chi connectivity index (χ0v) is 24.3. The van der Waals surface area contributed by atoms with Gasteiger partial charge in [-0.05, 0) is 61.9 Å². The standard InChI is InChI=1S/C33H36N4O6/c1-3-19-42-32(40)37(27-20-26(27)22-7-5-4-6-8-22)21-33(15-16-33)31-34-28(43-35-31)23-13-17-36(18-14-23)29(38)24-9-11-25(12-10-24)30(39)41-2/h3-12,23,26-27H,1,13-21H2,2H3/t26?,27-/m0/s1. The smallest absolute Gasteiger partial charge is 0.410 e. The van der Waals surface area contributed by atoms with Crippen LogP contribution in [0, 0.1) is 0 Å². The van der Waals surface area contributed by atoms with Crippen LogP contribution in [0.5, 0.6) is 0 Å². The summed E-state index contributed by atoms with van der Waals surface area (Å²) in [5.74, 6) is 1.07. The molecule has 2 heterocycles. The normalized spacial score (nSPS) is 20.6. The summed E-state index contributed by atoms with van der Waals surface area (Å²) in [4.78, 5) is 46.4. The minimum atomic E-state index is -0.434. The highest BCUT2D eigenvalue weighted by atomic mass is 16.6. The number of amides is 2. The molecule has 6 rings (SSSR count). The zero-order chi connectivity index (χ0) is 30.0. The first-order chi connectivity index (χ1) is 20.9. The molecular weight excluding hydrogens is 548 g/mol. The van der Waals surface area contributed by atoms with Gasteiger partial charge in [0.2, 0.25) is 5.89 Å². The van der Waals surface area contributed by atoms with Crippen LogP contribution >= 0.6 is 0 Å². The molecule has 2 aromatic carbocycles. The van der Waals surface area contributed by atoms with Gasteiger partial charge < -0.3 is 23.8 Å². The van der Waals surface area contributed by atoms with E-state index in [2.05, 4.69) is 23.9 Å². The van der Waals surface area contributed by atoms with E-state index in [0.29, 0.717) is 55.3 Å². The van der Waals surface area contributed by atoms with Gasteiger partial charge in [-0.2, -0.15) is 4.98 Å². The van der Waals surface area contributed by atoms with E-state index in [1.807, 2.05) is 28.0 Å². The average Bonchev–Trinajstić information content (AvgIpc) is 3.98. The molecule has 0 radical (unpaired) electrons. The van der Waals surface area contributed by atoms with E-state index < -0.39 is 5.97 Å². The van der Waals surface area contributed by atoms with Crippen LogP contribution in [0.1, 0.15) is 81.9 Å². The largest absolute Gasteiger partial charge is 0.465 e. The lowest BCUT2D eigenvalue weighted by molar-refractivity contribution is 0.0599. The van der Waals surface area contributed by atoms with Crippen molar-refractivity contribution in [3.05, 3.63) is 95.7 Å². The lowest BCUT2D eigenvalue weighted by atomic mass is 9.96. The molecule has 3 aromatic rings. The van der Waals surface area contributed by atoms with Gasteiger partial charge >= 0.3 is 12.1 Å². The summed E-state index contributed by atoms with van der Waals surface area (Å²) in [6.07, 6.45) is 5.31. The SMILES string of the molecule is C=CCOC(=O)N(CC1(c2noc(C3CCN(C(=O)c4ccc(C(=O)OC)cc4)CC3)n2)CC1)[C@H]1CC1c1ccccc1. The minimum Gasteiger partial charge on any atom is -0.465 e. The first-order valence-electron chi connectivity index (χ1n) is 14.8. The Kier molecular flexibility index (Phi) is 8.01. The monoisotopic (exact) mass is 584 g/mol. The van der Waals surface area contributed by atoms with Crippen molar-refractivity contribution in [3.63, 3.8) is 0 Å². The van der Waals surface area contributed by atoms with Crippen molar-refractivity contribution in [2.75, 3.05) is 33.4 Å². The fraction of sp³-hybridized carbons (Fsp3) is 0.424. The zero-order valence-electron chi connectivity index (χ0n) is 24.3. The molecule has 2 saturated carbocycles. The fourth-order valence-corrected chi connectivity index (χ4v) is 6.04. The number of aromatic nitrogens is 2. The molecule has 0 bridgehead atoms. The predicted molar refractivity (Wildman–Crippen MR) is 157 cm³/mol. The summed E-state index contributed by atoms with van der Waals surface area (Å²) in [6.45, 7) is 5.45. The van der Waals surface area contributed by atoms with E-state index in [1.54, 1.807) is 30.3 Å². The van der Waals surface area contributed by atoms with Crippen molar-refractivity contribution in [3.8, 4) is 0 Å². The number of benzene rings is 2. The van der Waals surface area contributed by atoms with Crippen LogP contribution in [-0.2, 0) is 14.9 Å². The number of piperidine rings is 1. The Morgan fingerprint density at radius 2 is 1.77 bits per heavy atom. The number of likely N-dealkylation sites (tertiary alicyclic amines) is 1. The van der Waals surface area contributed by atoms with Crippen LogP contribution in [0.25, 0.3) is 0 Å². The topological polar surface area (TPSA) is 115 Å². The van der Waals surface area contributed by atoms with E-state index in [-0.39, 0.29) is 41.9 Å². The molecule has 43 heavy (non-hydrogen) atoms. The minimum absolute atomic E-state index is 0.0577. The van der Waals surface area contributed by atoms with Gasteiger partial charge in [-0.3, -0.25) is 4.79 Å². The summed E-state index contributed by atoms with van der Waals surface area (Å²) in [5.41, 5.74) is 1.82. The third-order valence-corrected chi connectivity index (χ3v) is 8.87. The Bertz CT molecular complexity index is 1470. The van der Waals surface area contributed by atoms with Crippen LogP contribution in [0.3, 0.4) is 0 Å². The first-order valence-corrected chi connectivity index (χ1v) is 14.8. The van der Waals surface area contributed by atoms with Gasteiger partial charge in [-0.15, -0.1) is 0 Å². The molecule has 1 aromatic heterocycles. The molecule has 0 spiro atoms. The molecule has 2 amide bonds. The molecule has 3 fully saturated rings. The van der Waals surface area contributed by atoms with E-state index in [4.69, 9.17) is 19.0 Å². The van der Waals surface area contributed by atoms with Gasteiger partial charge in [-0.1, -0.05) is 48.1 Å².